The Hall–Kier alpha value is -1.08. The number of likely N-dealkylation sites (tertiary alicyclic amines) is 1. The van der Waals surface area contributed by atoms with Gasteiger partial charge in [-0.2, -0.15) is 0 Å². The Kier molecular flexibility index (Phi) is 5.96. The highest BCUT2D eigenvalue weighted by atomic mass is 35.5. The number of primary sulfonamides is 1. The van der Waals surface area contributed by atoms with Crippen LogP contribution in [0.4, 0.5) is 0 Å². The van der Waals surface area contributed by atoms with E-state index < -0.39 is 10.0 Å². The third-order valence-corrected chi connectivity index (χ3v) is 5.69. The monoisotopic (exact) mass is 371 g/mol. The molecule has 1 aromatic carbocycles. The zero-order valence-electron chi connectivity index (χ0n) is 14.2. The van der Waals surface area contributed by atoms with Crippen LogP contribution in [0.1, 0.15) is 29.9 Å². The maximum atomic E-state index is 11.2. The Morgan fingerprint density at radius 1 is 1.21 bits per heavy atom. The van der Waals surface area contributed by atoms with Crippen molar-refractivity contribution >= 4 is 33.3 Å². The maximum Gasteiger partial charge on any atom is 0.209 e. The maximum absolute atomic E-state index is 11.2. The topological polar surface area (TPSA) is 68.3 Å². The number of fused-ring (bicyclic) bond motifs is 1. The van der Waals surface area contributed by atoms with E-state index in [-0.39, 0.29) is 18.2 Å². The SMILES string of the molecule is CN1CCC(c2cn(C)c3ccc(CCS(N)(=O)=O)cc23)CC1.Cl. The van der Waals surface area contributed by atoms with Crippen molar-refractivity contribution < 1.29 is 8.42 Å². The molecule has 7 heteroatoms. The van der Waals surface area contributed by atoms with Gasteiger partial charge in [0.15, 0.2) is 0 Å². The van der Waals surface area contributed by atoms with Crippen LogP contribution < -0.4 is 5.14 Å². The minimum atomic E-state index is -3.42. The highest BCUT2D eigenvalue weighted by Crippen LogP contribution is 2.34. The Bertz CT molecular complexity index is 809. The van der Waals surface area contributed by atoms with Gasteiger partial charge in [-0.15, -0.1) is 12.4 Å². The molecular weight excluding hydrogens is 346 g/mol. The molecule has 0 amide bonds. The summed E-state index contributed by atoms with van der Waals surface area (Å²) in [4.78, 5) is 2.37. The second-order valence-corrected chi connectivity index (χ2v) is 8.48. The molecule has 1 fully saturated rings. The highest BCUT2D eigenvalue weighted by molar-refractivity contribution is 7.89. The molecule has 0 radical (unpaired) electrons. The molecule has 1 aliphatic rings. The van der Waals surface area contributed by atoms with Gasteiger partial charge in [0.1, 0.15) is 0 Å². The first-order valence-corrected chi connectivity index (χ1v) is 9.82. The Morgan fingerprint density at radius 3 is 2.50 bits per heavy atom. The van der Waals surface area contributed by atoms with Crippen LogP contribution >= 0.6 is 12.4 Å². The first-order valence-electron chi connectivity index (χ1n) is 8.10. The number of sulfonamides is 1. The second-order valence-electron chi connectivity index (χ2n) is 6.74. The fraction of sp³-hybridized carbons (Fsp3) is 0.529. The molecule has 5 nitrogen and oxygen atoms in total. The summed E-state index contributed by atoms with van der Waals surface area (Å²) in [6.45, 7) is 2.26. The first-order chi connectivity index (χ1) is 10.8. The molecule has 2 N–H and O–H groups in total. The van der Waals surface area contributed by atoms with Crippen molar-refractivity contribution in [2.45, 2.75) is 25.2 Å². The van der Waals surface area contributed by atoms with Gasteiger partial charge in [0.05, 0.1) is 5.75 Å². The Morgan fingerprint density at radius 2 is 1.88 bits per heavy atom. The van der Waals surface area contributed by atoms with Crippen molar-refractivity contribution in [2.75, 3.05) is 25.9 Å². The highest BCUT2D eigenvalue weighted by Gasteiger charge is 2.22. The van der Waals surface area contributed by atoms with Crippen LogP contribution in [0.15, 0.2) is 24.4 Å². The van der Waals surface area contributed by atoms with E-state index in [0.717, 1.165) is 18.7 Å². The van der Waals surface area contributed by atoms with Crippen LogP contribution in [0.2, 0.25) is 0 Å². The van der Waals surface area contributed by atoms with Crippen LogP contribution in [-0.4, -0.2) is 43.8 Å². The number of aryl methyl sites for hydroxylation is 2. The lowest BCUT2D eigenvalue weighted by Crippen LogP contribution is -2.29. The van der Waals surface area contributed by atoms with E-state index in [9.17, 15) is 8.42 Å². The molecule has 0 aliphatic carbocycles. The number of benzene rings is 1. The van der Waals surface area contributed by atoms with Crippen molar-refractivity contribution in [1.82, 2.24) is 9.47 Å². The summed E-state index contributed by atoms with van der Waals surface area (Å²) in [6, 6.07) is 6.24. The number of piperidine rings is 1. The molecule has 0 unspecified atom stereocenters. The number of hydrogen-bond donors (Lipinski definition) is 1. The molecule has 0 atom stereocenters. The fourth-order valence-electron chi connectivity index (χ4n) is 3.53. The van der Waals surface area contributed by atoms with E-state index in [4.69, 9.17) is 5.14 Å². The summed E-state index contributed by atoms with van der Waals surface area (Å²) in [5.41, 5.74) is 3.64. The van der Waals surface area contributed by atoms with Gasteiger partial charge in [0, 0.05) is 24.1 Å². The molecule has 134 valence electrons. The zero-order chi connectivity index (χ0) is 16.6. The van der Waals surface area contributed by atoms with Gasteiger partial charge in [-0.1, -0.05) is 6.07 Å². The summed E-state index contributed by atoms with van der Waals surface area (Å²) in [5.74, 6) is 0.581. The van der Waals surface area contributed by atoms with Gasteiger partial charge in [0.25, 0.3) is 0 Å². The Labute approximate surface area is 150 Å². The first kappa shape index (κ1) is 19.2. The second kappa shape index (κ2) is 7.44. The smallest absolute Gasteiger partial charge is 0.209 e. The van der Waals surface area contributed by atoms with Crippen molar-refractivity contribution in [3.8, 4) is 0 Å². The lowest BCUT2D eigenvalue weighted by atomic mass is 9.89. The van der Waals surface area contributed by atoms with Crippen molar-refractivity contribution in [3.05, 3.63) is 35.5 Å². The zero-order valence-corrected chi connectivity index (χ0v) is 15.9. The third-order valence-electron chi connectivity index (χ3n) is 4.92. The number of aromatic nitrogens is 1. The van der Waals surface area contributed by atoms with E-state index in [2.05, 4.69) is 41.9 Å². The molecule has 0 spiro atoms. The molecule has 1 saturated heterocycles. The van der Waals surface area contributed by atoms with Crippen LogP contribution in [-0.2, 0) is 23.5 Å². The minimum absolute atomic E-state index is 0. The van der Waals surface area contributed by atoms with E-state index in [0.29, 0.717) is 12.3 Å². The summed E-state index contributed by atoms with van der Waals surface area (Å²) >= 11 is 0. The average Bonchev–Trinajstić information content (AvgIpc) is 2.82. The van der Waals surface area contributed by atoms with Gasteiger partial charge < -0.3 is 9.47 Å². The largest absolute Gasteiger partial charge is 0.350 e. The van der Waals surface area contributed by atoms with E-state index in [1.54, 1.807) is 0 Å². The van der Waals surface area contributed by atoms with Crippen molar-refractivity contribution in [2.24, 2.45) is 12.2 Å². The van der Waals surface area contributed by atoms with Gasteiger partial charge in [-0.3, -0.25) is 0 Å². The molecule has 2 aromatic rings. The van der Waals surface area contributed by atoms with Crippen LogP contribution in [0.3, 0.4) is 0 Å². The third kappa shape index (κ3) is 4.30. The summed E-state index contributed by atoms with van der Waals surface area (Å²) in [7, 11) is 0.828. The fourth-order valence-corrected chi connectivity index (χ4v) is 4.05. The van der Waals surface area contributed by atoms with E-state index in [1.165, 1.54) is 29.3 Å². The lowest BCUT2D eigenvalue weighted by Gasteiger charge is -2.28. The van der Waals surface area contributed by atoms with Gasteiger partial charge in [-0.25, -0.2) is 13.6 Å². The molecular formula is C17H26ClN3O2S. The molecule has 2 heterocycles. The van der Waals surface area contributed by atoms with Gasteiger partial charge >= 0.3 is 0 Å². The quantitative estimate of drug-likeness (QED) is 0.896. The van der Waals surface area contributed by atoms with Crippen molar-refractivity contribution in [3.63, 3.8) is 0 Å². The molecule has 3 rings (SSSR count). The molecule has 1 aromatic heterocycles. The molecule has 24 heavy (non-hydrogen) atoms. The predicted molar refractivity (Wildman–Crippen MR) is 101 cm³/mol. The average molecular weight is 372 g/mol. The van der Waals surface area contributed by atoms with Crippen LogP contribution in [0, 0.1) is 0 Å². The number of rotatable bonds is 4. The number of nitrogens with zero attached hydrogens (tertiary/aromatic N) is 2. The lowest BCUT2D eigenvalue weighted by molar-refractivity contribution is 0.256. The van der Waals surface area contributed by atoms with E-state index in [1.807, 2.05) is 6.07 Å². The molecule has 0 saturated carbocycles. The number of nitrogens with two attached hydrogens (primary N) is 1. The molecule has 0 bridgehead atoms. The van der Waals surface area contributed by atoms with Crippen LogP contribution in [0.5, 0.6) is 0 Å². The summed E-state index contributed by atoms with van der Waals surface area (Å²) < 4.78 is 24.5. The standard InChI is InChI=1S/C17H25N3O2S.ClH/c1-19-8-5-14(6-9-19)16-12-20(2)17-4-3-13(11-15(16)17)7-10-23(18,21)22;/h3-4,11-12,14H,5-10H2,1-2H3,(H2,18,21,22);1H. The summed E-state index contributed by atoms with van der Waals surface area (Å²) in [5, 5.41) is 6.38. The van der Waals surface area contributed by atoms with E-state index >= 15 is 0 Å². The predicted octanol–water partition coefficient (Wildman–Crippen LogP) is 2.24. The number of halogens is 1. The van der Waals surface area contributed by atoms with Crippen LogP contribution in [0.25, 0.3) is 10.9 Å². The van der Waals surface area contributed by atoms with Crippen molar-refractivity contribution in [1.29, 1.82) is 0 Å². The van der Waals surface area contributed by atoms with Gasteiger partial charge in [-0.05, 0) is 68.6 Å². The van der Waals surface area contributed by atoms with Gasteiger partial charge in [0.2, 0.25) is 10.0 Å². The normalized spacial score (nSPS) is 17.1. The Balaban J connectivity index is 0.00000208. The number of hydrogen-bond acceptors (Lipinski definition) is 3. The summed E-state index contributed by atoms with van der Waals surface area (Å²) in [6.07, 6.45) is 5.06. The minimum Gasteiger partial charge on any atom is -0.350 e. The molecule has 1 aliphatic heterocycles.